The van der Waals surface area contributed by atoms with Gasteiger partial charge in [0.25, 0.3) is 0 Å². The first-order chi connectivity index (χ1) is 7.02. The minimum absolute atomic E-state index is 0.251. The van der Waals surface area contributed by atoms with Crippen molar-refractivity contribution in [3.63, 3.8) is 0 Å². The fourth-order valence-electron chi connectivity index (χ4n) is 1.88. The topological polar surface area (TPSA) is 76.1 Å². The molecule has 86 valence electrons. The van der Waals surface area contributed by atoms with Gasteiger partial charge in [-0.3, -0.25) is 4.79 Å². The van der Waals surface area contributed by atoms with Gasteiger partial charge in [0.1, 0.15) is 12.2 Å². The van der Waals surface area contributed by atoms with E-state index >= 15 is 0 Å². The first-order valence-electron chi connectivity index (χ1n) is 4.58. The Morgan fingerprint density at radius 1 is 1.33 bits per heavy atom. The highest BCUT2D eigenvalue weighted by atomic mass is 16.5. The number of amides is 1. The van der Waals surface area contributed by atoms with Crippen LogP contribution in [0.25, 0.3) is 0 Å². The summed E-state index contributed by atoms with van der Waals surface area (Å²) >= 11 is 0. The van der Waals surface area contributed by atoms with Crippen molar-refractivity contribution in [3.05, 3.63) is 0 Å². The maximum Gasteiger partial charge on any atom is 0.329 e. The number of hydrogen-bond donors (Lipinski definition) is 1. The van der Waals surface area contributed by atoms with Gasteiger partial charge in [-0.25, -0.2) is 4.79 Å². The number of nitrogens with zero attached hydrogens (tertiary/aromatic N) is 1. The molecule has 0 aromatic carbocycles. The number of carboxylic acid groups (broad SMARTS) is 1. The van der Waals surface area contributed by atoms with Crippen LogP contribution in [0.5, 0.6) is 0 Å². The van der Waals surface area contributed by atoms with E-state index < -0.39 is 18.1 Å². The Bertz CT molecular complexity index is 267. The molecule has 15 heavy (non-hydrogen) atoms. The number of aliphatic carboxylic acids is 1. The van der Waals surface area contributed by atoms with Crippen LogP contribution in [-0.4, -0.2) is 60.9 Å². The number of carboxylic acids is 1. The number of rotatable bonds is 3. The summed E-state index contributed by atoms with van der Waals surface area (Å²) in [5, 5.41) is 9.02. The van der Waals surface area contributed by atoms with E-state index in [1.165, 1.54) is 26.0 Å². The van der Waals surface area contributed by atoms with Crippen molar-refractivity contribution in [2.24, 2.45) is 0 Å². The van der Waals surface area contributed by atoms with Gasteiger partial charge in [0.2, 0.25) is 5.91 Å². The van der Waals surface area contributed by atoms with Crippen LogP contribution in [0.3, 0.4) is 0 Å². The average molecular weight is 217 g/mol. The molecule has 0 aromatic heterocycles. The Balaban J connectivity index is 2.93. The second kappa shape index (κ2) is 4.59. The molecular formula is C9H15NO5. The highest BCUT2D eigenvalue weighted by Crippen LogP contribution is 2.23. The number of likely N-dealkylation sites (tertiary alicyclic amines) is 1. The molecular weight excluding hydrogens is 202 g/mol. The van der Waals surface area contributed by atoms with E-state index in [4.69, 9.17) is 14.6 Å². The van der Waals surface area contributed by atoms with Crippen LogP contribution < -0.4 is 0 Å². The second-order valence-electron chi connectivity index (χ2n) is 3.43. The molecule has 0 saturated carbocycles. The molecule has 1 aliphatic heterocycles. The van der Waals surface area contributed by atoms with Gasteiger partial charge in [-0.2, -0.15) is 0 Å². The van der Waals surface area contributed by atoms with E-state index in [1.807, 2.05) is 0 Å². The second-order valence-corrected chi connectivity index (χ2v) is 3.43. The SMILES string of the molecule is CO[C@@H]1[C@H](OC)CN(C(C)=O)[C@H]1C(=O)O. The van der Waals surface area contributed by atoms with Crippen molar-refractivity contribution >= 4 is 11.9 Å². The van der Waals surface area contributed by atoms with Gasteiger partial charge in [-0.05, 0) is 0 Å². The number of ether oxygens (including phenoxy) is 2. The molecule has 0 radical (unpaired) electrons. The molecule has 1 fully saturated rings. The summed E-state index contributed by atoms with van der Waals surface area (Å²) in [5.74, 6) is -1.36. The molecule has 0 unspecified atom stereocenters. The van der Waals surface area contributed by atoms with Crippen LogP contribution in [0, 0.1) is 0 Å². The van der Waals surface area contributed by atoms with E-state index in [-0.39, 0.29) is 18.6 Å². The Morgan fingerprint density at radius 3 is 2.27 bits per heavy atom. The third-order valence-electron chi connectivity index (χ3n) is 2.62. The lowest BCUT2D eigenvalue weighted by Gasteiger charge is -2.22. The zero-order valence-corrected chi connectivity index (χ0v) is 8.97. The average Bonchev–Trinajstić information content (AvgIpc) is 2.55. The fourth-order valence-corrected chi connectivity index (χ4v) is 1.88. The van der Waals surface area contributed by atoms with Gasteiger partial charge in [-0.15, -0.1) is 0 Å². The Labute approximate surface area is 87.8 Å². The van der Waals surface area contributed by atoms with E-state index in [1.54, 1.807) is 0 Å². The highest BCUT2D eigenvalue weighted by Gasteiger charge is 2.47. The lowest BCUT2D eigenvalue weighted by molar-refractivity contribution is -0.151. The number of methoxy groups -OCH3 is 2. The third-order valence-corrected chi connectivity index (χ3v) is 2.62. The quantitative estimate of drug-likeness (QED) is 0.678. The Kier molecular flexibility index (Phi) is 3.65. The molecule has 6 heteroatoms. The minimum atomic E-state index is -1.07. The van der Waals surface area contributed by atoms with Crippen LogP contribution in [0.15, 0.2) is 0 Å². The molecule has 3 atom stereocenters. The van der Waals surface area contributed by atoms with Crippen molar-refractivity contribution < 1.29 is 24.2 Å². The summed E-state index contributed by atoms with van der Waals surface area (Å²) in [6, 6.07) is -0.961. The molecule has 1 aliphatic rings. The van der Waals surface area contributed by atoms with Crippen LogP contribution >= 0.6 is 0 Å². The van der Waals surface area contributed by atoms with Crippen LogP contribution in [0.4, 0.5) is 0 Å². The fraction of sp³-hybridized carbons (Fsp3) is 0.778. The van der Waals surface area contributed by atoms with Crippen LogP contribution in [0.1, 0.15) is 6.92 Å². The molecule has 0 bridgehead atoms. The van der Waals surface area contributed by atoms with E-state index in [0.29, 0.717) is 0 Å². The summed E-state index contributed by atoms with van der Waals surface area (Å²) in [4.78, 5) is 23.5. The first-order valence-corrected chi connectivity index (χ1v) is 4.58. The van der Waals surface area contributed by atoms with Gasteiger partial charge in [0.15, 0.2) is 6.04 Å². The van der Waals surface area contributed by atoms with E-state index in [0.717, 1.165) is 0 Å². The summed E-state index contributed by atoms with van der Waals surface area (Å²) in [6.07, 6.45) is -1.00. The summed E-state index contributed by atoms with van der Waals surface area (Å²) in [6.45, 7) is 1.59. The molecule has 0 aromatic rings. The molecule has 1 saturated heterocycles. The molecule has 0 spiro atoms. The first kappa shape index (κ1) is 11.9. The Morgan fingerprint density at radius 2 is 1.93 bits per heavy atom. The maximum atomic E-state index is 11.2. The molecule has 1 heterocycles. The summed E-state index contributed by atoms with van der Waals surface area (Å²) < 4.78 is 10.2. The molecule has 1 rings (SSSR count). The van der Waals surface area contributed by atoms with E-state index in [2.05, 4.69) is 0 Å². The maximum absolute atomic E-state index is 11.2. The van der Waals surface area contributed by atoms with E-state index in [9.17, 15) is 9.59 Å². The minimum Gasteiger partial charge on any atom is -0.480 e. The van der Waals surface area contributed by atoms with Gasteiger partial charge < -0.3 is 19.5 Å². The predicted molar refractivity (Wildman–Crippen MR) is 50.4 cm³/mol. The van der Waals surface area contributed by atoms with Gasteiger partial charge in [0, 0.05) is 21.1 Å². The van der Waals surface area contributed by atoms with Crippen molar-refractivity contribution in [2.75, 3.05) is 20.8 Å². The highest BCUT2D eigenvalue weighted by molar-refractivity contribution is 5.83. The van der Waals surface area contributed by atoms with Crippen LogP contribution in [-0.2, 0) is 19.1 Å². The third kappa shape index (κ3) is 2.10. The van der Waals surface area contributed by atoms with Crippen molar-refractivity contribution in [3.8, 4) is 0 Å². The summed E-state index contributed by atoms with van der Waals surface area (Å²) in [5.41, 5.74) is 0. The lowest BCUT2D eigenvalue weighted by Crippen LogP contribution is -2.45. The normalized spacial score (nSPS) is 30.6. The molecule has 1 N–H and O–H groups in total. The van der Waals surface area contributed by atoms with Crippen molar-refractivity contribution in [1.29, 1.82) is 0 Å². The van der Waals surface area contributed by atoms with Gasteiger partial charge in [-0.1, -0.05) is 0 Å². The monoisotopic (exact) mass is 217 g/mol. The zero-order valence-electron chi connectivity index (χ0n) is 8.97. The largest absolute Gasteiger partial charge is 0.480 e. The smallest absolute Gasteiger partial charge is 0.329 e. The van der Waals surface area contributed by atoms with Gasteiger partial charge in [0.05, 0.1) is 6.54 Å². The van der Waals surface area contributed by atoms with Crippen molar-refractivity contribution in [1.82, 2.24) is 4.90 Å². The zero-order chi connectivity index (χ0) is 11.6. The Hall–Kier alpha value is -1.14. The number of carbonyl (C=O) groups is 2. The van der Waals surface area contributed by atoms with Crippen LogP contribution in [0.2, 0.25) is 0 Å². The summed E-state index contributed by atoms with van der Waals surface area (Å²) in [7, 11) is 2.88. The van der Waals surface area contributed by atoms with Crippen molar-refractivity contribution in [2.45, 2.75) is 25.2 Å². The molecule has 0 aliphatic carbocycles. The predicted octanol–water partition coefficient (Wildman–Crippen LogP) is -0.668. The number of hydrogen-bond acceptors (Lipinski definition) is 4. The standard InChI is InChI=1S/C9H15NO5/c1-5(11)10-4-6(14-2)8(15-3)7(10)9(12)13/h6-8H,4H2,1-3H3,(H,12,13)/t6-,7-,8-/m1/s1. The number of carbonyl (C=O) groups excluding carboxylic acids is 1. The lowest BCUT2D eigenvalue weighted by atomic mass is 10.1. The van der Waals surface area contributed by atoms with Gasteiger partial charge >= 0.3 is 5.97 Å². The molecule has 6 nitrogen and oxygen atoms in total. The molecule has 1 amide bonds.